The Hall–Kier alpha value is -2.89. The topological polar surface area (TPSA) is 84.2 Å². The Bertz CT molecular complexity index is 743. The lowest BCUT2D eigenvalue weighted by Crippen LogP contribution is -2.39. The van der Waals surface area contributed by atoms with Crippen molar-refractivity contribution < 1.29 is 14.7 Å². The monoisotopic (exact) mass is 327 g/mol. The first-order valence-corrected chi connectivity index (χ1v) is 7.58. The molecule has 24 heavy (non-hydrogen) atoms. The van der Waals surface area contributed by atoms with Crippen LogP contribution in [0.25, 0.3) is 5.69 Å². The van der Waals surface area contributed by atoms with E-state index < -0.39 is 17.9 Å². The lowest BCUT2D eigenvalue weighted by atomic mass is 9.95. The number of hydrogen-bond donors (Lipinski definition) is 2. The Morgan fingerprint density at radius 3 is 2.67 bits per heavy atom. The number of amides is 1. The zero-order chi connectivity index (χ0) is 17.7. The molecule has 1 atom stereocenters. The first kappa shape index (κ1) is 17.5. The fraction of sp³-hybridized carbons (Fsp3) is 0.278. The highest BCUT2D eigenvalue weighted by atomic mass is 16.4. The second-order valence-electron chi connectivity index (χ2n) is 6.53. The van der Waals surface area contributed by atoms with Gasteiger partial charge in [-0.2, -0.15) is 0 Å². The average molecular weight is 327 g/mol. The highest BCUT2D eigenvalue weighted by Gasteiger charge is 2.19. The maximum atomic E-state index is 12.4. The van der Waals surface area contributed by atoms with Gasteiger partial charge in [-0.05, 0) is 23.6 Å². The van der Waals surface area contributed by atoms with Crippen LogP contribution in [0.5, 0.6) is 0 Å². The van der Waals surface area contributed by atoms with Crippen molar-refractivity contribution in [2.45, 2.75) is 26.8 Å². The number of carbonyl (C=O) groups excluding carboxylic acids is 1. The van der Waals surface area contributed by atoms with Gasteiger partial charge in [-0.25, -0.2) is 9.78 Å². The van der Waals surface area contributed by atoms with Crippen LogP contribution in [-0.4, -0.2) is 32.6 Å². The van der Waals surface area contributed by atoms with Gasteiger partial charge >= 0.3 is 5.97 Å². The van der Waals surface area contributed by atoms with Crippen molar-refractivity contribution in [2.24, 2.45) is 5.41 Å². The van der Waals surface area contributed by atoms with E-state index in [-0.39, 0.29) is 5.41 Å². The summed E-state index contributed by atoms with van der Waals surface area (Å²) in [5, 5.41) is 11.8. The third kappa shape index (κ3) is 4.81. The third-order valence-corrected chi connectivity index (χ3v) is 3.25. The molecule has 1 aromatic heterocycles. The molecule has 2 N–H and O–H groups in total. The summed E-state index contributed by atoms with van der Waals surface area (Å²) in [7, 11) is 0. The van der Waals surface area contributed by atoms with Gasteiger partial charge in [0, 0.05) is 23.6 Å². The number of carboxylic acids is 1. The zero-order valence-electron chi connectivity index (χ0n) is 13.9. The van der Waals surface area contributed by atoms with Gasteiger partial charge in [-0.15, -0.1) is 0 Å². The summed E-state index contributed by atoms with van der Waals surface area (Å²) in [4.78, 5) is 27.7. The van der Waals surface area contributed by atoms with Crippen molar-refractivity contribution in [2.75, 3.05) is 0 Å². The van der Waals surface area contributed by atoms with Gasteiger partial charge in [0.2, 0.25) is 0 Å². The molecule has 2 rings (SSSR count). The summed E-state index contributed by atoms with van der Waals surface area (Å²) in [5.74, 6) is -1.54. The first-order chi connectivity index (χ1) is 11.3. The molecule has 0 saturated heterocycles. The molecular formula is C18H21N3O3. The molecule has 126 valence electrons. The molecule has 6 heteroatoms. The van der Waals surface area contributed by atoms with Crippen LogP contribution >= 0.6 is 0 Å². The molecule has 1 amide bonds. The van der Waals surface area contributed by atoms with E-state index >= 15 is 0 Å². The third-order valence-electron chi connectivity index (χ3n) is 3.25. The zero-order valence-corrected chi connectivity index (χ0v) is 13.9. The normalized spacial score (nSPS) is 13.0. The molecule has 0 aliphatic rings. The first-order valence-electron chi connectivity index (χ1n) is 7.58. The molecule has 6 nitrogen and oxygen atoms in total. The summed E-state index contributed by atoms with van der Waals surface area (Å²) >= 11 is 0. The largest absolute Gasteiger partial charge is 0.479 e. The fourth-order valence-corrected chi connectivity index (χ4v) is 2.02. The van der Waals surface area contributed by atoms with Crippen molar-refractivity contribution in [1.29, 1.82) is 0 Å². The quantitative estimate of drug-likeness (QED) is 0.827. The Morgan fingerprint density at radius 1 is 1.33 bits per heavy atom. The molecule has 0 fully saturated rings. The van der Waals surface area contributed by atoms with Crippen molar-refractivity contribution in [3.63, 3.8) is 0 Å². The molecule has 0 aliphatic carbocycles. The molecular weight excluding hydrogens is 306 g/mol. The van der Waals surface area contributed by atoms with E-state index in [1.54, 1.807) is 47.6 Å². The van der Waals surface area contributed by atoms with E-state index in [1.807, 2.05) is 26.8 Å². The molecule has 2 aromatic rings. The lowest BCUT2D eigenvalue weighted by molar-refractivity contribution is -0.137. The number of aliphatic carboxylic acids is 1. The number of aromatic nitrogens is 2. The molecule has 0 radical (unpaired) electrons. The van der Waals surface area contributed by atoms with Gasteiger partial charge in [0.15, 0.2) is 0 Å². The van der Waals surface area contributed by atoms with Gasteiger partial charge in [0.05, 0.1) is 6.33 Å². The van der Waals surface area contributed by atoms with Crippen LogP contribution in [0.15, 0.2) is 55.1 Å². The van der Waals surface area contributed by atoms with Crippen LogP contribution in [0.3, 0.4) is 0 Å². The van der Waals surface area contributed by atoms with E-state index in [9.17, 15) is 14.7 Å². The van der Waals surface area contributed by atoms with Gasteiger partial charge in [0.25, 0.3) is 5.91 Å². The highest BCUT2D eigenvalue weighted by Crippen LogP contribution is 2.15. The minimum Gasteiger partial charge on any atom is -0.479 e. The number of nitrogens with zero attached hydrogens (tertiary/aromatic N) is 2. The standard InChI is InChI=1S/C18H21N3O3/c1-18(2,3)8-7-15(17(23)24)20-16(22)13-5-4-6-14(11-13)21-10-9-19-12-21/h4-12,15H,1-3H3,(H,20,22)(H,23,24)/b8-7+. The second kappa shape index (κ2) is 7.12. The smallest absolute Gasteiger partial charge is 0.330 e. The van der Waals surface area contributed by atoms with Crippen LogP contribution in [0.1, 0.15) is 31.1 Å². The van der Waals surface area contributed by atoms with E-state index in [0.717, 1.165) is 5.69 Å². The Kier molecular flexibility index (Phi) is 5.18. The summed E-state index contributed by atoms with van der Waals surface area (Å²) in [5.41, 5.74) is 0.994. The van der Waals surface area contributed by atoms with Gasteiger partial charge in [-0.3, -0.25) is 4.79 Å². The minimum absolute atomic E-state index is 0.167. The fourth-order valence-electron chi connectivity index (χ4n) is 2.02. The minimum atomic E-state index is -1.10. The number of hydrogen-bond acceptors (Lipinski definition) is 3. The summed E-state index contributed by atoms with van der Waals surface area (Å²) in [6, 6.07) is 5.83. The van der Waals surface area contributed by atoms with Crippen molar-refractivity contribution in [1.82, 2.24) is 14.9 Å². The Morgan fingerprint density at radius 2 is 2.08 bits per heavy atom. The number of carboxylic acid groups (broad SMARTS) is 1. The number of benzene rings is 1. The predicted octanol–water partition coefficient (Wildman–Crippen LogP) is 2.66. The molecule has 0 bridgehead atoms. The van der Waals surface area contributed by atoms with E-state index in [0.29, 0.717) is 5.56 Å². The molecule has 1 aromatic carbocycles. The van der Waals surface area contributed by atoms with Crippen molar-refractivity contribution in [3.05, 3.63) is 60.7 Å². The molecule has 1 heterocycles. The van der Waals surface area contributed by atoms with Crippen LogP contribution in [0.2, 0.25) is 0 Å². The maximum absolute atomic E-state index is 12.4. The molecule has 0 spiro atoms. The highest BCUT2D eigenvalue weighted by molar-refractivity contribution is 5.97. The Balaban J connectivity index is 2.17. The van der Waals surface area contributed by atoms with Crippen LogP contribution in [-0.2, 0) is 4.79 Å². The number of carbonyl (C=O) groups is 2. The number of rotatable bonds is 5. The summed E-state index contributed by atoms with van der Waals surface area (Å²) in [6.07, 6.45) is 8.31. The predicted molar refractivity (Wildman–Crippen MR) is 91.0 cm³/mol. The Labute approximate surface area is 140 Å². The summed E-state index contributed by atoms with van der Waals surface area (Å²) in [6.45, 7) is 5.87. The van der Waals surface area contributed by atoms with Crippen LogP contribution in [0.4, 0.5) is 0 Å². The number of imidazole rings is 1. The second-order valence-corrected chi connectivity index (χ2v) is 6.53. The van der Waals surface area contributed by atoms with Crippen molar-refractivity contribution in [3.8, 4) is 5.69 Å². The average Bonchev–Trinajstić information content (AvgIpc) is 3.04. The maximum Gasteiger partial charge on any atom is 0.330 e. The van der Waals surface area contributed by atoms with Crippen LogP contribution in [0, 0.1) is 5.41 Å². The summed E-state index contributed by atoms with van der Waals surface area (Å²) < 4.78 is 1.77. The van der Waals surface area contributed by atoms with Gasteiger partial charge in [0.1, 0.15) is 6.04 Å². The van der Waals surface area contributed by atoms with Gasteiger partial charge < -0.3 is 15.0 Å². The van der Waals surface area contributed by atoms with E-state index in [4.69, 9.17) is 0 Å². The van der Waals surface area contributed by atoms with Gasteiger partial charge in [-0.1, -0.05) is 39.0 Å². The lowest BCUT2D eigenvalue weighted by Gasteiger charge is -2.15. The number of allylic oxidation sites excluding steroid dienone is 1. The molecule has 1 unspecified atom stereocenters. The molecule has 0 aliphatic heterocycles. The van der Waals surface area contributed by atoms with Crippen LogP contribution < -0.4 is 5.32 Å². The van der Waals surface area contributed by atoms with E-state index in [1.165, 1.54) is 6.08 Å². The number of nitrogens with one attached hydrogen (secondary N) is 1. The SMILES string of the molecule is CC(C)(C)/C=C/C(NC(=O)c1cccc(-n2ccnc2)c1)C(=O)O. The van der Waals surface area contributed by atoms with Crippen molar-refractivity contribution >= 4 is 11.9 Å². The van der Waals surface area contributed by atoms with E-state index in [2.05, 4.69) is 10.3 Å². The molecule has 0 saturated carbocycles.